The van der Waals surface area contributed by atoms with Crippen molar-refractivity contribution in [2.45, 2.75) is 33.2 Å². The molecule has 0 fully saturated rings. The van der Waals surface area contributed by atoms with E-state index in [-0.39, 0.29) is 6.04 Å². The molecule has 0 spiro atoms. The van der Waals surface area contributed by atoms with Gasteiger partial charge in [-0.05, 0) is 43.9 Å². The molecule has 0 saturated carbocycles. The van der Waals surface area contributed by atoms with Gasteiger partial charge in [0.25, 0.3) is 0 Å². The number of rotatable bonds is 5. The molecular formula is C14H19N3S. The van der Waals surface area contributed by atoms with E-state index in [0.29, 0.717) is 0 Å². The molecular weight excluding hydrogens is 242 g/mol. The van der Waals surface area contributed by atoms with Gasteiger partial charge < -0.3 is 5.32 Å². The Morgan fingerprint density at radius 3 is 2.78 bits per heavy atom. The number of aryl methyl sites for hydroxylation is 2. The van der Waals surface area contributed by atoms with Gasteiger partial charge in [-0.2, -0.15) is 0 Å². The fourth-order valence-electron chi connectivity index (χ4n) is 2.00. The van der Waals surface area contributed by atoms with Gasteiger partial charge in [-0.25, -0.2) is 0 Å². The zero-order chi connectivity index (χ0) is 13.0. The Balaban J connectivity index is 2.33. The maximum atomic E-state index is 4.12. The summed E-state index contributed by atoms with van der Waals surface area (Å²) in [5.41, 5.74) is 3.60. The largest absolute Gasteiger partial charge is 0.305 e. The molecule has 1 aromatic carbocycles. The Kier molecular flexibility index (Phi) is 4.44. The summed E-state index contributed by atoms with van der Waals surface area (Å²) in [6.45, 7) is 7.32. The third kappa shape index (κ3) is 2.94. The zero-order valence-corrected chi connectivity index (χ0v) is 11.9. The van der Waals surface area contributed by atoms with Gasteiger partial charge in [0.15, 0.2) is 0 Å². The predicted molar refractivity (Wildman–Crippen MR) is 76.0 cm³/mol. The van der Waals surface area contributed by atoms with Crippen molar-refractivity contribution in [2.75, 3.05) is 6.54 Å². The number of hydrogen-bond donors (Lipinski definition) is 1. The molecule has 18 heavy (non-hydrogen) atoms. The van der Waals surface area contributed by atoms with Gasteiger partial charge in [0.1, 0.15) is 0 Å². The van der Waals surface area contributed by atoms with Gasteiger partial charge >= 0.3 is 0 Å². The fourth-order valence-corrected chi connectivity index (χ4v) is 2.75. The van der Waals surface area contributed by atoms with Gasteiger partial charge in [0.2, 0.25) is 0 Å². The lowest BCUT2D eigenvalue weighted by molar-refractivity contribution is 0.602. The van der Waals surface area contributed by atoms with E-state index in [2.05, 4.69) is 53.0 Å². The van der Waals surface area contributed by atoms with E-state index < -0.39 is 0 Å². The first-order valence-electron chi connectivity index (χ1n) is 6.31. The van der Waals surface area contributed by atoms with Crippen molar-refractivity contribution >= 4 is 11.5 Å². The first-order valence-corrected chi connectivity index (χ1v) is 7.08. The maximum Gasteiger partial charge on any atom is 0.0776 e. The minimum absolute atomic E-state index is 0.213. The Morgan fingerprint density at radius 2 is 2.17 bits per heavy atom. The van der Waals surface area contributed by atoms with E-state index in [1.165, 1.54) is 27.5 Å². The molecule has 0 bridgehead atoms. The van der Waals surface area contributed by atoms with Crippen molar-refractivity contribution in [1.29, 1.82) is 0 Å². The molecule has 0 saturated heterocycles. The standard InChI is InChI=1S/C14H19N3S/c1-4-8-15-13(14-11(3)16-17-18-14)12-7-5-6-10(2)9-12/h5-7,9,13,15H,4,8H2,1-3H3. The molecule has 0 aliphatic carbocycles. The number of hydrogen-bond acceptors (Lipinski definition) is 4. The smallest absolute Gasteiger partial charge is 0.0776 e. The average Bonchev–Trinajstić information content (AvgIpc) is 2.77. The summed E-state index contributed by atoms with van der Waals surface area (Å²) in [6, 6.07) is 8.84. The molecule has 0 aliphatic heterocycles. The van der Waals surface area contributed by atoms with Crippen LogP contribution in [-0.4, -0.2) is 16.1 Å². The van der Waals surface area contributed by atoms with Gasteiger partial charge in [-0.1, -0.05) is 41.2 Å². The number of nitrogens with zero attached hydrogens (tertiary/aromatic N) is 2. The Morgan fingerprint density at radius 1 is 1.33 bits per heavy atom. The van der Waals surface area contributed by atoms with E-state index in [0.717, 1.165) is 18.7 Å². The molecule has 1 N–H and O–H groups in total. The van der Waals surface area contributed by atoms with Crippen LogP contribution in [0.1, 0.15) is 41.1 Å². The molecule has 2 aromatic rings. The normalized spacial score (nSPS) is 12.6. The molecule has 1 aromatic heterocycles. The third-order valence-corrected chi connectivity index (χ3v) is 3.81. The van der Waals surface area contributed by atoms with Crippen molar-refractivity contribution in [3.8, 4) is 0 Å². The zero-order valence-electron chi connectivity index (χ0n) is 11.1. The van der Waals surface area contributed by atoms with Crippen LogP contribution in [0.25, 0.3) is 0 Å². The maximum absolute atomic E-state index is 4.12. The number of benzene rings is 1. The van der Waals surface area contributed by atoms with Crippen LogP contribution in [0.3, 0.4) is 0 Å². The summed E-state index contributed by atoms with van der Waals surface area (Å²) in [5, 5.41) is 7.71. The Bertz CT molecular complexity index is 507. The molecule has 96 valence electrons. The van der Waals surface area contributed by atoms with E-state index >= 15 is 0 Å². The molecule has 2 rings (SSSR count). The van der Waals surface area contributed by atoms with Crippen molar-refractivity contribution in [2.24, 2.45) is 0 Å². The quantitative estimate of drug-likeness (QED) is 0.898. The first kappa shape index (κ1) is 13.2. The molecule has 1 unspecified atom stereocenters. The SMILES string of the molecule is CCCNC(c1cccc(C)c1)c1snnc1C. The number of aromatic nitrogens is 2. The van der Waals surface area contributed by atoms with Crippen molar-refractivity contribution in [3.63, 3.8) is 0 Å². The summed E-state index contributed by atoms with van der Waals surface area (Å²) >= 11 is 1.49. The average molecular weight is 261 g/mol. The van der Waals surface area contributed by atoms with Crippen LogP contribution < -0.4 is 5.32 Å². The Labute approximate surface area is 112 Å². The van der Waals surface area contributed by atoms with Gasteiger partial charge in [-0.15, -0.1) is 5.10 Å². The molecule has 3 nitrogen and oxygen atoms in total. The van der Waals surface area contributed by atoms with Crippen LogP contribution in [0.5, 0.6) is 0 Å². The first-order chi connectivity index (χ1) is 8.72. The summed E-state index contributed by atoms with van der Waals surface area (Å²) in [4.78, 5) is 1.22. The lowest BCUT2D eigenvalue weighted by atomic mass is 10.0. The van der Waals surface area contributed by atoms with E-state index in [9.17, 15) is 0 Å². The minimum Gasteiger partial charge on any atom is -0.305 e. The highest BCUT2D eigenvalue weighted by Gasteiger charge is 2.18. The van der Waals surface area contributed by atoms with Crippen LogP contribution in [0.4, 0.5) is 0 Å². The van der Waals surface area contributed by atoms with Crippen molar-refractivity contribution in [3.05, 3.63) is 46.0 Å². The monoisotopic (exact) mass is 261 g/mol. The lowest BCUT2D eigenvalue weighted by Gasteiger charge is -2.18. The van der Waals surface area contributed by atoms with Gasteiger partial charge in [-0.3, -0.25) is 0 Å². The van der Waals surface area contributed by atoms with Crippen molar-refractivity contribution < 1.29 is 0 Å². The fraction of sp³-hybridized carbons (Fsp3) is 0.429. The van der Waals surface area contributed by atoms with Gasteiger partial charge in [0, 0.05) is 0 Å². The molecule has 1 atom stereocenters. The topological polar surface area (TPSA) is 37.8 Å². The summed E-state index contributed by atoms with van der Waals surface area (Å²) in [7, 11) is 0. The summed E-state index contributed by atoms with van der Waals surface area (Å²) < 4.78 is 4.05. The van der Waals surface area contributed by atoms with Crippen LogP contribution >= 0.6 is 11.5 Å². The highest BCUT2D eigenvalue weighted by Crippen LogP contribution is 2.27. The van der Waals surface area contributed by atoms with Crippen molar-refractivity contribution in [1.82, 2.24) is 14.9 Å². The van der Waals surface area contributed by atoms with E-state index in [1.54, 1.807) is 0 Å². The lowest BCUT2D eigenvalue weighted by Crippen LogP contribution is -2.23. The third-order valence-electron chi connectivity index (χ3n) is 2.92. The van der Waals surface area contributed by atoms with Crippen LogP contribution in [0, 0.1) is 13.8 Å². The highest BCUT2D eigenvalue weighted by molar-refractivity contribution is 7.05. The number of nitrogens with one attached hydrogen (secondary N) is 1. The predicted octanol–water partition coefficient (Wildman–Crippen LogP) is 3.24. The molecule has 0 aliphatic rings. The molecule has 0 radical (unpaired) electrons. The minimum atomic E-state index is 0.213. The van der Waals surface area contributed by atoms with Crippen LogP contribution in [0.15, 0.2) is 24.3 Å². The van der Waals surface area contributed by atoms with E-state index in [1.807, 2.05) is 6.92 Å². The molecule has 0 amide bonds. The summed E-state index contributed by atoms with van der Waals surface area (Å²) in [6.07, 6.45) is 1.12. The van der Waals surface area contributed by atoms with Crippen LogP contribution in [-0.2, 0) is 0 Å². The van der Waals surface area contributed by atoms with E-state index in [4.69, 9.17) is 0 Å². The highest BCUT2D eigenvalue weighted by atomic mass is 32.1. The second-order valence-electron chi connectivity index (χ2n) is 4.52. The molecule has 4 heteroatoms. The second kappa shape index (κ2) is 6.07. The van der Waals surface area contributed by atoms with Gasteiger partial charge in [0.05, 0.1) is 16.6 Å². The second-order valence-corrected chi connectivity index (χ2v) is 5.31. The molecule has 1 heterocycles. The summed E-state index contributed by atoms with van der Waals surface area (Å²) in [5.74, 6) is 0. The Hall–Kier alpha value is -1.26. The van der Waals surface area contributed by atoms with Crippen LogP contribution in [0.2, 0.25) is 0 Å².